The molecule has 0 amide bonds. The van der Waals surface area contributed by atoms with Gasteiger partial charge in [0.05, 0.1) is 0 Å². The third-order valence-corrected chi connectivity index (χ3v) is 6.86. The molecule has 0 aliphatic carbocycles. The Morgan fingerprint density at radius 2 is 1.75 bits per heavy atom. The van der Waals surface area contributed by atoms with Gasteiger partial charge >= 0.3 is 107 Å². The van der Waals surface area contributed by atoms with Crippen molar-refractivity contribution in [2.45, 2.75) is 0 Å². The number of benzene rings is 2. The van der Waals surface area contributed by atoms with E-state index in [1.807, 2.05) is 36.4 Å². The van der Waals surface area contributed by atoms with E-state index in [4.69, 9.17) is 0 Å². The summed E-state index contributed by atoms with van der Waals surface area (Å²) < 4.78 is 17.3. The Kier molecular flexibility index (Phi) is 4.13. The second-order valence-corrected chi connectivity index (χ2v) is 9.40. The third kappa shape index (κ3) is 3.46. The van der Waals surface area contributed by atoms with Gasteiger partial charge < -0.3 is 0 Å². The first-order valence-electron chi connectivity index (χ1n) is 5.13. The molecule has 0 aliphatic heterocycles. The molecular weight excluding hydrogens is 388 g/mol. The van der Waals surface area contributed by atoms with Gasteiger partial charge in [0.25, 0.3) is 0 Å². The Balaban J connectivity index is 2.06. The zero-order valence-corrected chi connectivity index (χ0v) is 14.3. The Bertz CT molecular complexity index is 523. The van der Waals surface area contributed by atoms with Gasteiger partial charge in [0.2, 0.25) is 0 Å². The van der Waals surface area contributed by atoms with E-state index in [1.54, 1.807) is 12.1 Å². The Morgan fingerprint density at radius 3 is 2.50 bits per heavy atom. The van der Waals surface area contributed by atoms with Crippen LogP contribution in [-0.4, -0.2) is 0 Å². The van der Waals surface area contributed by atoms with Gasteiger partial charge in [0.15, 0.2) is 0 Å². The van der Waals surface area contributed by atoms with E-state index < -0.39 is 24.6 Å². The first-order valence-corrected chi connectivity index (χ1v) is 10.6. The maximum atomic E-state index is 12.9. The SMILES string of the molecule is Fc1ccc[c]([Hg][C]#Cc2ccccc2)c1. The topological polar surface area (TPSA) is 0 Å². The molecular formula is C14H9FHg. The van der Waals surface area contributed by atoms with Crippen molar-refractivity contribution in [3.8, 4) is 9.35 Å². The molecule has 0 N–H and O–H groups in total. The van der Waals surface area contributed by atoms with Crippen LogP contribution < -0.4 is 3.07 Å². The average molecular weight is 397 g/mol. The van der Waals surface area contributed by atoms with Gasteiger partial charge in [0, 0.05) is 0 Å². The molecule has 0 saturated heterocycles. The van der Waals surface area contributed by atoms with Gasteiger partial charge in [-0.25, -0.2) is 0 Å². The molecule has 0 saturated carbocycles. The van der Waals surface area contributed by atoms with Crippen LogP contribution in [0, 0.1) is 15.2 Å². The zero-order valence-electron chi connectivity index (χ0n) is 8.78. The minimum absolute atomic E-state index is 0.154. The average Bonchev–Trinajstić information content (AvgIpc) is 2.30. The summed E-state index contributed by atoms with van der Waals surface area (Å²) in [6.45, 7) is 0. The quantitative estimate of drug-likeness (QED) is 0.513. The van der Waals surface area contributed by atoms with Crippen LogP contribution in [0.3, 0.4) is 0 Å². The molecule has 74 valence electrons. The van der Waals surface area contributed by atoms with E-state index in [2.05, 4.69) is 9.35 Å². The molecule has 0 nitrogen and oxygen atoms in total. The first kappa shape index (κ1) is 11.4. The predicted octanol–water partition coefficient (Wildman–Crippen LogP) is 2.54. The van der Waals surface area contributed by atoms with Crippen LogP contribution in [0.15, 0.2) is 54.6 Å². The van der Waals surface area contributed by atoms with Gasteiger partial charge in [-0.3, -0.25) is 0 Å². The van der Waals surface area contributed by atoms with Gasteiger partial charge in [-0.1, -0.05) is 0 Å². The summed E-state index contributed by atoms with van der Waals surface area (Å²) in [5, 5.41) is 0. The summed E-state index contributed by atoms with van der Waals surface area (Å²) in [5.41, 5.74) is 1.04. The van der Waals surface area contributed by atoms with Crippen LogP contribution in [0.1, 0.15) is 5.56 Å². The molecule has 0 aliphatic rings. The summed E-state index contributed by atoms with van der Waals surface area (Å²) in [5.74, 6) is 2.99. The van der Waals surface area contributed by atoms with E-state index >= 15 is 0 Å². The normalized spacial score (nSPS) is 8.81. The Hall–Kier alpha value is -1.13. The Labute approximate surface area is 107 Å². The second kappa shape index (κ2) is 5.82. The molecule has 0 spiro atoms. The van der Waals surface area contributed by atoms with Crippen molar-refractivity contribution in [3.63, 3.8) is 0 Å². The molecule has 2 rings (SSSR count). The van der Waals surface area contributed by atoms with E-state index in [9.17, 15) is 4.39 Å². The molecule has 16 heavy (non-hydrogen) atoms. The van der Waals surface area contributed by atoms with Crippen molar-refractivity contribution in [2.24, 2.45) is 0 Å². The monoisotopic (exact) mass is 398 g/mol. The minimum atomic E-state index is -1.43. The molecule has 0 heterocycles. The van der Waals surface area contributed by atoms with Crippen LogP contribution >= 0.6 is 0 Å². The van der Waals surface area contributed by atoms with Crippen LogP contribution in [-0.2, 0) is 24.6 Å². The standard InChI is InChI=1S/C8H5.C6H4F.Hg/c1-2-8-6-4-3-5-7-8;7-6-4-2-1-3-5-6;/h3-7H;1-2,4-5H;. The molecule has 0 atom stereocenters. The molecule has 0 radical (unpaired) electrons. The summed E-state index contributed by atoms with van der Waals surface area (Å²) >= 11 is -1.43. The van der Waals surface area contributed by atoms with Gasteiger partial charge in [-0.15, -0.1) is 0 Å². The van der Waals surface area contributed by atoms with Crippen molar-refractivity contribution in [3.05, 3.63) is 66.0 Å². The molecule has 0 unspecified atom stereocenters. The fourth-order valence-corrected chi connectivity index (χ4v) is 5.49. The van der Waals surface area contributed by atoms with Crippen molar-refractivity contribution in [1.82, 2.24) is 0 Å². The summed E-state index contributed by atoms with van der Waals surface area (Å²) in [6.07, 6.45) is 0. The van der Waals surface area contributed by atoms with E-state index in [1.165, 1.54) is 6.07 Å². The van der Waals surface area contributed by atoms with Gasteiger partial charge in [-0.2, -0.15) is 0 Å². The van der Waals surface area contributed by atoms with Gasteiger partial charge in [-0.05, 0) is 0 Å². The number of hydrogen-bond donors (Lipinski definition) is 0. The van der Waals surface area contributed by atoms with Crippen molar-refractivity contribution < 1.29 is 29.0 Å². The molecule has 0 bridgehead atoms. The second-order valence-electron chi connectivity index (χ2n) is 3.47. The predicted molar refractivity (Wildman–Crippen MR) is 59.4 cm³/mol. The fraction of sp³-hybridized carbons (Fsp3) is 0. The van der Waals surface area contributed by atoms with E-state index in [0.29, 0.717) is 0 Å². The van der Waals surface area contributed by atoms with Crippen LogP contribution in [0.2, 0.25) is 0 Å². The Morgan fingerprint density at radius 1 is 0.938 bits per heavy atom. The molecule has 0 fully saturated rings. The summed E-state index contributed by atoms with van der Waals surface area (Å²) in [7, 11) is 0. The van der Waals surface area contributed by atoms with E-state index in [0.717, 1.165) is 8.64 Å². The maximum absolute atomic E-state index is 12.9. The molecule has 2 heteroatoms. The number of halogens is 1. The summed E-state index contributed by atoms with van der Waals surface area (Å²) in [4.78, 5) is 0. The van der Waals surface area contributed by atoms with Crippen LogP contribution in [0.4, 0.5) is 4.39 Å². The number of rotatable bonds is 1. The third-order valence-electron chi connectivity index (χ3n) is 2.19. The van der Waals surface area contributed by atoms with Crippen molar-refractivity contribution in [2.75, 3.05) is 0 Å². The molecule has 2 aromatic carbocycles. The van der Waals surface area contributed by atoms with Crippen molar-refractivity contribution >= 4 is 3.07 Å². The summed E-state index contributed by atoms with van der Waals surface area (Å²) in [6, 6.07) is 16.7. The number of hydrogen-bond acceptors (Lipinski definition) is 0. The van der Waals surface area contributed by atoms with Crippen LogP contribution in [0.25, 0.3) is 0 Å². The zero-order chi connectivity index (χ0) is 11.2. The van der Waals surface area contributed by atoms with Crippen molar-refractivity contribution in [1.29, 1.82) is 0 Å². The van der Waals surface area contributed by atoms with Crippen LogP contribution in [0.5, 0.6) is 0 Å². The molecule has 2 aromatic rings. The molecule has 0 aromatic heterocycles. The van der Waals surface area contributed by atoms with E-state index in [-0.39, 0.29) is 5.82 Å². The fourth-order valence-electron chi connectivity index (χ4n) is 1.42. The first-order chi connectivity index (χ1) is 7.84. The van der Waals surface area contributed by atoms with Gasteiger partial charge in [0.1, 0.15) is 0 Å².